The lowest BCUT2D eigenvalue weighted by Crippen LogP contribution is -2.53. The average molecular weight is 212 g/mol. The summed E-state index contributed by atoms with van der Waals surface area (Å²) in [5.41, 5.74) is 6.20. The Morgan fingerprint density at radius 2 is 1.93 bits per heavy atom. The first-order valence-electron chi connectivity index (χ1n) is 6.34. The molecule has 2 aliphatic rings. The van der Waals surface area contributed by atoms with Crippen molar-refractivity contribution in [2.75, 3.05) is 20.3 Å². The van der Waals surface area contributed by atoms with E-state index in [1.807, 2.05) is 0 Å². The molecular formula is C12H24N2O. The van der Waals surface area contributed by atoms with E-state index in [0.717, 1.165) is 13.2 Å². The molecule has 15 heavy (non-hydrogen) atoms. The molecule has 0 spiro atoms. The molecule has 0 radical (unpaired) electrons. The normalized spacial score (nSPS) is 38.2. The Labute approximate surface area is 93.0 Å². The lowest BCUT2D eigenvalue weighted by molar-refractivity contribution is 0.00194. The van der Waals surface area contributed by atoms with E-state index in [-0.39, 0.29) is 0 Å². The van der Waals surface area contributed by atoms with Crippen LogP contribution in [0, 0.1) is 0 Å². The summed E-state index contributed by atoms with van der Waals surface area (Å²) in [7, 11) is 2.23. The van der Waals surface area contributed by atoms with Crippen LogP contribution in [0.4, 0.5) is 0 Å². The van der Waals surface area contributed by atoms with Crippen molar-refractivity contribution in [1.29, 1.82) is 0 Å². The molecule has 3 nitrogen and oxygen atoms in total. The van der Waals surface area contributed by atoms with Crippen molar-refractivity contribution in [2.45, 2.75) is 56.7 Å². The van der Waals surface area contributed by atoms with Crippen molar-refractivity contribution in [3.05, 3.63) is 0 Å². The minimum atomic E-state index is 0.380. The maximum absolute atomic E-state index is 6.20. The predicted molar refractivity (Wildman–Crippen MR) is 61.8 cm³/mol. The third-order valence-corrected chi connectivity index (χ3v) is 4.02. The van der Waals surface area contributed by atoms with Gasteiger partial charge in [0, 0.05) is 24.7 Å². The molecule has 3 heteroatoms. The molecular weight excluding hydrogens is 188 g/mol. The lowest BCUT2D eigenvalue weighted by Gasteiger charge is -2.41. The average Bonchev–Trinajstić information content (AvgIpc) is 2.30. The van der Waals surface area contributed by atoms with E-state index in [1.165, 1.54) is 38.5 Å². The van der Waals surface area contributed by atoms with Crippen molar-refractivity contribution >= 4 is 0 Å². The Morgan fingerprint density at radius 1 is 1.13 bits per heavy atom. The maximum atomic E-state index is 6.20. The molecule has 3 atom stereocenters. The van der Waals surface area contributed by atoms with Crippen LogP contribution < -0.4 is 5.73 Å². The van der Waals surface area contributed by atoms with Gasteiger partial charge in [-0.25, -0.2) is 0 Å². The molecule has 1 aliphatic carbocycles. The van der Waals surface area contributed by atoms with Crippen LogP contribution in [-0.2, 0) is 4.74 Å². The molecule has 2 fully saturated rings. The summed E-state index contributed by atoms with van der Waals surface area (Å²) in [4.78, 5) is 2.49. The Balaban J connectivity index is 1.89. The van der Waals surface area contributed by atoms with Crippen LogP contribution in [0.1, 0.15) is 38.5 Å². The second-order valence-corrected chi connectivity index (χ2v) is 5.05. The van der Waals surface area contributed by atoms with E-state index in [2.05, 4.69) is 11.9 Å². The van der Waals surface area contributed by atoms with Crippen LogP contribution >= 0.6 is 0 Å². The molecule has 88 valence electrons. The Morgan fingerprint density at radius 3 is 2.60 bits per heavy atom. The van der Waals surface area contributed by atoms with Gasteiger partial charge in [0.05, 0.1) is 6.61 Å². The number of nitrogens with zero attached hydrogens (tertiary/aromatic N) is 1. The molecule has 0 aromatic rings. The molecule has 1 saturated carbocycles. The fourth-order valence-electron chi connectivity index (χ4n) is 2.96. The summed E-state index contributed by atoms with van der Waals surface area (Å²) >= 11 is 0. The van der Waals surface area contributed by atoms with Gasteiger partial charge >= 0.3 is 0 Å². The summed E-state index contributed by atoms with van der Waals surface area (Å²) in [5, 5.41) is 0. The molecule has 1 heterocycles. The summed E-state index contributed by atoms with van der Waals surface area (Å²) in [6.07, 6.45) is 7.61. The minimum absolute atomic E-state index is 0.380. The Bertz CT molecular complexity index is 192. The SMILES string of the molecule is CN(C1CCCOC1)C1CCCCC1N. The highest BCUT2D eigenvalue weighted by Gasteiger charge is 2.30. The number of likely N-dealkylation sites (N-methyl/N-ethyl adjacent to an activating group) is 1. The fraction of sp³-hybridized carbons (Fsp3) is 1.00. The van der Waals surface area contributed by atoms with E-state index < -0.39 is 0 Å². The van der Waals surface area contributed by atoms with E-state index in [4.69, 9.17) is 10.5 Å². The van der Waals surface area contributed by atoms with Crippen LogP contribution in [0.3, 0.4) is 0 Å². The van der Waals surface area contributed by atoms with Gasteiger partial charge in [-0.1, -0.05) is 12.8 Å². The first kappa shape index (κ1) is 11.4. The molecule has 2 rings (SSSR count). The highest BCUT2D eigenvalue weighted by Crippen LogP contribution is 2.24. The number of hydrogen-bond donors (Lipinski definition) is 1. The van der Waals surface area contributed by atoms with Gasteiger partial charge in [-0.2, -0.15) is 0 Å². The zero-order valence-electron chi connectivity index (χ0n) is 9.82. The van der Waals surface area contributed by atoms with Crippen LogP contribution in [0.5, 0.6) is 0 Å². The van der Waals surface area contributed by atoms with Crippen LogP contribution in [0.2, 0.25) is 0 Å². The number of hydrogen-bond acceptors (Lipinski definition) is 3. The number of rotatable bonds is 2. The van der Waals surface area contributed by atoms with E-state index in [0.29, 0.717) is 18.1 Å². The molecule has 2 N–H and O–H groups in total. The lowest BCUT2D eigenvalue weighted by atomic mass is 9.89. The van der Waals surface area contributed by atoms with Gasteiger partial charge in [0.25, 0.3) is 0 Å². The van der Waals surface area contributed by atoms with Gasteiger partial charge in [0.1, 0.15) is 0 Å². The first-order chi connectivity index (χ1) is 7.29. The predicted octanol–water partition coefficient (Wildman–Crippen LogP) is 1.37. The second-order valence-electron chi connectivity index (χ2n) is 5.05. The van der Waals surface area contributed by atoms with E-state index in [9.17, 15) is 0 Å². The van der Waals surface area contributed by atoms with Crippen molar-refractivity contribution in [3.63, 3.8) is 0 Å². The molecule has 3 unspecified atom stereocenters. The van der Waals surface area contributed by atoms with Crippen LogP contribution in [-0.4, -0.2) is 43.3 Å². The third kappa shape index (κ3) is 2.71. The highest BCUT2D eigenvalue weighted by molar-refractivity contribution is 4.88. The summed E-state index contributed by atoms with van der Waals surface area (Å²) in [5.74, 6) is 0. The summed E-state index contributed by atoms with van der Waals surface area (Å²) < 4.78 is 5.55. The largest absolute Gasteiger partial charge is 0.380 e. The Kier molecular flexibility index (Phi) is 4.00. The standard InChI is InChI=1S/C12H24N2O/c1-14(10-5-4-8-15-9-10)12-7-3-2-6-11(12)13/h10-12H,2-9,13H2,1H3. The minimum Gasteiger partial charge on any atom is -0.380 e. The zero-order chi connectivity index (χ0) is 10.7. The smallest absolute Gasteiger partial charge is 0.0621 e. The van der Waals surface area contributed by atoms with Crippen molar-refractivity contribution < 1.29 is 4.74 Å². The van der Waals surface area contributed by atoms with Gasteiger partial charge in [-0.3, -0.25) is 4.90 Å². The molecule has 0 aromatic carbocycles. The topological polar surface area (TPSA) is 38.5 Å². The van der Waals surface area contributed by atoms with Crippen LogP contribution in [0.15, 0.2) is 0 Å². The molecule has 0 amide bonds. The molecule has 1 saturated heterocycles. The van der Waals surface area contributed by atoms with Gasteiger partial charge in [0.15, 0.2) is 0 Å². The van der Waals surface area contributed by atoms with Crippen LogP contribution in [0.25, 0.3) is 0 Å². The van der Waals surface area contributed by atoms with Crippen molar-refractivity contribution in [1.82, 2.24) is 4.90 Å². The quantitative estimate of drug-likeness (QED) is 0.751. The van der Waals surface area contributed by atoms with Crippen molar-refractivity contribution in [2.24, 2.45) is 5.73 Å². The monoisotopic (exact) mass is 212 g/mol. The number of ether oxygens (including phenoxy) is 1. The van der Waals surface area contributed by atoms with E-state index >= 15 is 0 Å². The highest BCUT2D eigenvalue weighted by atomic mass is 16.5. The van der Waals surface area contributed by atoms with Gasteiger partial charge in [0.2, 0.25) is 0 Å². The Hall–Kier alpha value is -0.120. The first-order valence-corrected chi connectivity index (χ1v) is 6.34. The summed E-state index contributed by atoms with van der Waals surface area (Å²) in [6, 6.07) is 1.57. The maximum Gasteiger partial charge on any atom is 0.0621 e. The molecule has 1 aliphatic heterocycles. The second kappa shape index (κ2) is 5.28. The number of nitrogens with two attached hydrogens (primary N) is 1. The van der Waals surface area contributed by atoms with Gasteiger partial charge < -0.3 is 10.5 Å². The van der Waals surface area contributed by atoms with Gasteiger partial charge in [-0.05, 0) is 32.7 Å². The van der Waals surface area contributed by atoms with Crippen molar-refractivity contribution in [3.8, 4) is 0 Å². The third-order valence-electron chi connectivity index (χ3n) is 4.02. The fourth-order valence-corrected chi connectivity index (χ4v) is 2.96. The molecule has 0 bridgehead atoms. The van der Waals surface area contributed by atoms with Gasteiger partial charge in [-0.15, -0.1) is 0 Å². The van der Waals surface area contributed by atoms with E-state index in [1.54, 1.807) is 0 Å². The summed E-state index contributed by atoms with van der Waals surface area (Å²) in [6.45, 7) is 1.85. The molecule has 0 aromatic heterocycles. The zero-order valence-corrected chi connectivity index (χ0v) is 9.82.